The highest BCUT2D eigenvalue weighted by molar-refractivity contribution is 6.30. The van der Waals surface area contributed by atoms with Crippen LogP contribution in [0.2, 0.25) is 5.02 Å². The van der Waals surface area contributed by atoms with Crippen LogP contribution in [0.1, 0.15) is 17.5 Å². The van der Waals surface area contributed by atoms with Crippen LogP contribution < -0.4 is 10.1 Å². The van der Waals surface area contributed by atoms with Gasteiger partial charge in [0.15, 0.2) is 0 Å². The van der Waals surface area contributed by atoms with Gasteiger partial charge in [-0.05, 0) is 42.6 Å². The molecule has 18 heavy (non-hydrogen) atoms. The first kappa shape index (κ1) is 12.3. The maximum Gasteiger partial charge on any atom is 0.125 e. The van der Waals surface area contributed by atoms with Crippen LogP contribution in [-0.2, 0) is 12.8 Å². The number of aliphatic hydroxyl groups excluding tert-OH is 1. The zero-order chi connectivity index (χ0) is 12.6. The first-order valence-corrected chi connectivity index (χ1v) is 6.86. The average Bonchev–Trinajstić information content (AvgIpc) is 2.98. The zero-order valence-electron chi connectivity index (χ0n) is 10.3. The highest BCUT2D eigenvalue weighted by atomic mass is 35.5. The quantitative estimate of drug-likeness (QED) is 0.877. The second-order valence-corrected chi connectivity index (χ2v) is 5.85. The predicted molar refractivity (Wildman–Crippen MR) is 71.4 cm³/mol. The predicted octanol–water partition coefficient (Wildman–Crippen LogP) is 1.79. The number of nitrogens with one attached hydrogen (secondary N) is 1. The van der Waals surface area contributed by atoms with Crippen LogP contribution >= 0.6 is 11.6 Å². The number of rotatable bonds is 3. The SMILES string of the molecule is OCC1(Cc2cc(Cl)cc3c2OCC3)CCNC1. The van der Waals surface area contributed by atoms with Crippen molar-refractivity contribution in [2.45, 2.75) is 19.3 Å². The number of halogens is 1. The van der Waals surface area contributed by atoms with Gasteiger partial charge in [0.1, 0.15) is 5.75 Å². The molecule has 0 saturated carbocycles. The molecule has 1 fully saturated rings. The molecular formula is C14H18ClNO2. The van der Waals surface area contributed by atoms with E-state index in [0.717, 1.165) is 55.3 Å². The van der Waals surface area contributed by atoms with Gasteiger partial charge in [-0.1, -0.05) is 11.6 Å². The summed E-state index contributed by atoms with van der Waals surface area (Å²) in [6.07, 6.45) is 2.78. The number of hydrogen-bond acceptors (Lipinski definition) is 3. The van der Waals surface area contributed by atoms with Crippen molar-refractivity contribution in [3.8, 4) is 5.75 Å². The van der Waals surface area contributed by atoms with E-state index in [0.29, 0.717) is 0 Å². The Morgan fingerprint density at radius 1 is 1.44 bits per heavy atom. The molecule has 2 aliphatic rings. The molecule has 0 spiro atoms. The van der Waals surface area contributed by atoms with Gasteiger partial charge in [0.2, 0.25) is 0 Å². The summed E-state index contributed by atoms with van der Waals surface area (Å²) < 4.78 is 5.72. The van der Waals surface area contributed by atoms with Crippen molar-refractivity contribution < 1.29 is 9.84 Å². The van der Waals surface area contributed by atoms with Gasteiger partial charge in [-0.3, -0.25) is 0 Å². The molecule has 2 aliphatic heterocycles. The van der Waals surface area contributed by atoms with Gasteiger partial charge >= 0.3 is 0 Å². The number of aliphatic hydroxyl groups is 1. The summed E-state index contributed by atoms with van der Waals surface area (Å²) in [5.41, 5.74) is 2.30. The molecule has 1 saturated heterocycles. The van der Waals surface area contributed by atoms with E-state index in [-0.39, 0.29) is 12.0 Å². The Morgan fingerprint density at radius 2 is 2.33 bits per heavy atom. The lowest BCUT2D eigenvalue weighted by Gasteiger charge is -2.26. The van der Waals surface area contributed by atoms with E-state index < -0.39 is 0 Å². The van der Waals surface area contributed by atoms with E-state index in [4.69, 9.17) is 16.3 Å². The fourth-order valence-electron chi connectivity index (χ4n) is 3.02. The van der Waals surface area contributed by atoms with Gasteiger partial charge < -0.3 is 15.2 Å². The monoisotopic (exact) mass is 267 g/mol. The van der Waals surface area contributed by atoms with E-state index in [1.165, 1.54) is 5.56 Å². The molecule has 0 amide bonds. The van der Waals surface area contributed by atoms with Crippen LogP contribution in [0, 0.1) is 5.41 Å². The Labute approximate surface area is 112 Å². The Bertz CT molecular complexity index is 455. The molecule has 0 radical (unpaired) electrons. The molecule has 2 heterocycles. The fourth-order valence-corrected chi connectivity index (χ4v) is 3.28. The second-order valence-electron chi connectivity index (χ2n) is 5.41. The van der Waals surface area contributed by atoms with Gasteiger partial charge in [-0.15, -0.1) is 0 Å². The summed E-state index contributed by atoms with van der Waals surface area (Å²) in [5, 5.41) is 13.8. The van der Waals surface area contributed by atoms with Gasteiger partial charge in [-0.2, -0.15) is 0 Å². The third kappa shape index (κ3) is 2.11. The van der Waals surface area contributed by atoms with Gasteiger partial charge in [0, 0.05) is 23.4 Å². The molecular weight excluding hydrogens is 250 g/mol. The molecule has 98 valence electrons. The van der Waals surface area contributed by atoms with Crippen LogP contribution in [-0.4, -0.2) is 31.4 Å². The van der Waals surface area contributed by atoms with Crippen LogP contribution in [0.4, 0.5) is 0 Å². The molecule has 4 heteroatoms. The number of ether oxygens (including phenoxy) is 1. The highest BCUT2D eigenvalue weighted by Gasteiger charge is 2.35. The summed E-state index contributed by atoms with van der Waals surface area (Å²) in [6, 6.07) is 3.98. The molecule has 3 nitrogen and oxygen atoms in total. The lowest BCUT2D eigenvalue weighted by atomic mass is 9.81. The minimum Gasteiger partial charge on any atom is -0.493 e. The fraction of sp³-hybridized carbons (Fsp3) is 0.571. The first-order chi connectivity index (χ1) is 8.72. The largest absolute Gasteiger partial charge is 0.493 e. The topological polar surface area (TPSA) is 41.5 Å². The molecule has 1 aromatic carbocycles. The first-order valence-electron chi connectivity index (χ1n) is 6.48. The Morgan fingerprint density at radius 3 is 3.06 bits per heavy atom. The summed E-state index contributed by atoms with van der Waals surface area (Å²) in [7, 11) is 0. The van der Waals surface area contributed by atoms with Gasteiger partial charge in [0.25, 0.3) is 0 Å². The average molecular weight is 268 g/mol. The number of hydrogen-bond donors (Lipinski definition) is 2. The van der Waals surface area contributed by atoms with E-state index in [1.54, 1.807) is 0 Å². The minimum atomic E-state index is -0.0512. The molecule has 1 atom stereocenters. The van der Waals surface area contributed by atoms with Crippen molar-refractivity contribution in [3.05, 3.63) is 28.3 Å². The standard InChI is InChI=1S/C14H18ClNO2/c15-12-5-10-1-4-18-13(10)11(6-12)7-14(9-17)2-3-16-8-14/h5-6,16-17H,1-4,7-9H2. The number of benzene rings is 1. The van der Waals surface area contributed by atoms with Crippen molar-refractivity contribution in [1.29, 1.82) is 0 Å². The Kier molecular flexibility index (Phi) is 3.22. The Hall–Kier alpha value is -0.770. The van der Waals surface area contributed by atoms with E-state index in [2.05, 4.69) is 5.32 Å². The zero-order valence-corrected chi connectivity index (χ0v) is 11.1. The second kappa shape index (κ2) is 4.72. The molecule has 0 aromatic heterocycles. The van der Waals surface area contributed by atoms with E-state index in [1.807, 2.05) is 12.1 Å². The lowest BCUT2D eigenvalue weighted by molar-refractivity contribution is 0.142. The molecule has 1 aromatic rings. The van der Waals surface area contributed by atoms with E-state index >= 15 is 0 Å². The van der Waals surface area contributed by atoms with Crippen molar-refractivity contribution in [2.75, 3.05) is 26.3 Å². The third-order valence-corrected chi connectivity index (χ3v) is 4.28. The molecule has 2 N–H and O–H groups in total. The van der Waals surface area contributed by atoms with Crippen LogP contribution in [0.5, 0.6) is 5.75 Å². The van der Waals surface area contributed by atoms with Crippen LogP contribution in [0.3, 0.4) is 0 Å². The smallest absolute Gasteiger partial charge is 0.125 e. The maximum atomic E-state index is 9.68. The highest BCUT2D eigenvalue weighted by Crippen LogP contribution is 2.38. The molecule has 3 rings (SSSR count). The maximum absolute atomic E-state index is 9.68. The summed E-state index contributed by atoms with van der Waals surface area (Å²) in [5.74, 6) is 0.999. The summed E-state index contributed by atoms with van der Waals surface area (Å²) in [4.78, 5) is 0. The summed E-state index contributed by atoms with van der Waals surface area (Å²) >= 11 is 6.17. The van der Waals surface area contributed by atoms with Crippen molar-refractivity contribution in [3.63, 3.8) is 0 Å². The Balaban J connectivity index is 1.92. The normalized spacial score (nSPS) is 26.1. The molecule has 0 aliphatic carbocycles. The van der Waals surface area contributed by atoms with Crippen molar-refractivity contribution in [1.82, 2.24) is 5.32 Å². The minimum absolute atomic E-state index is 0.0512. The van der Waals surface area contributed by atoms with Gasteiger partial charge in [-0.25, -0.2) is 0 Å². The van der Waals surface area contributed by atoms with Crippen molar-refractivity contribution >= 4 is 11.6 Å². The summed E-state index contributed by atoms with van der Waals surface area (Å²) in [6.45, 7) is 2.79. The number of fused-ring (bicyclic) bond motifs is 1. The lowest BCUT2D eigenvalue weighted by Crippen LogP contribution is -2.30. The van der Waals surface area contributed by atoms with E-state index in [9.17, 15) is 5.11 Å². The van der Waals surface area contributed by atoms with Crippen LogP contribution in [0.25, 0.3) is 0 Å². The van der Waals surface area contributed by atoms with Crippen LogP contribution in [0.15, 0.2) is 12.1 Å². The molecule has 1 unspecified atom stereocenters. The third-order valence-electron chi connectivity index (χ3n) is 4.06. The van der Waals surface area contributed by atoms with Crippen molar-refractivity contribution in [2.24, 2.45) is 5.41 Å². The molecule has 0 bridgehead atoms. The van der Waals surface area contributed by atoms with Gasteiger partial charge in [0.05, 0.1) is 13.2 Å².